The van der Waals surface area contributed by atoms with Crippen LogP contribution in [-0.4, -0.2) is 42.9 Å². The molecule has 1 amide bonds. The summed E-state index contributed by atoms with van der Waals surface area (Å²) in [5.41, 5.74) is 2.82. The van der Waals surface area contributed by atoms with E-state index < -0.39 is 10.0 Å². The number of aryl methyl sites for hydroxylation is 1. The lowest BCUT2D eigenvalue weighted by molar-refractivity contribution is -0.120. The van der Waals surface area contributed by atoms with Crippen molar-refractivity contribution in [2.45, 2.75) is 47.6 Å². The molecule has 8 heteroatoms. The van der Waals surface area contributed by atoms with E-state index in [0.29, 0.717) is 5.92 Å². The molecule has 0 saturated carbocycles. The summed E-state index contributed by atoms with van der Waals surface area (Å²) in [6.45, 7) is 11.0. The van der Waals surface area contributed by atoms with Crippen LogP contribution in [0.15, 0.2) is 0 Å². The zero-order valence-corrected chi connectivity index (χ0v) is 15.5. The van der Waals surface area contributed by atoms with E-state index >= 15 is 0 Å². The van der Waals surface area contributed by atoms with Crippen molar-refractivity contribution in [3.05, 3.63) is 17.0 Å². The first kappa shape index (κ1) is 19.6. The predicted octanol–water partition coefficient (Wildman–Crippen LogP) is 0.754. The highest BCUT2D eigenvalue weighted by molar-refractivity contribution is 7.89. The summed E-state index contributed by atoms with van der Waals surface area (Å²) in [7, 11) is -3.21. The monoisotopic (exact) mass is 344 g/mol. The zero-order valence-electron chi connectivity index (χ0n) is 14.6. The minimum absolute atomic E-state index is 0.0361. The third-order valence-corrected chi connectivity index (χ3v) is 4.96. The van der Waals surface area contributed by atoms with Crippen molar-refractivity contribution in [1.29, 1.82) is 0 Å². The minimum Gasteiger partial charge on any atom is -0.354 e. The Hall–Kier alpha value is -1.41. The van der Waals surface area contributed by atoms with Crippen molar-refractivity contribution < 1.29 is 13.2 Å². The van der Waals surface area contributed by atoms with Crippen molar-refractivity contribution in [3.63, 3.8) is 0 Å². The Morgan fingerprint density at radius 1 is 1.26 bits per heavy atom. The zero-order chi connectivity index (χ0) is 17.6. The maximum Gasteiger partial charge on any atom is 0.224 e. The summed E-state index contributed by atoms with van der Waals surface area (Å²) in [6.07, 6.45) is 0.260. The van der Waals surface area contributed by atoms with Gasteiger partial charge in [-0.1, -0.05) is 13.8 Å². The Labute approximate surface area is 138 Å². The summed E-state index contributed by atoms with van der Waals surface area (Å²) < 4.78 is 26.9. The Morgan fingerprint density at radius 2 is 1.91 bits per heavy atom. The molecule has 0 aromatic carbocycles. The average molecular weight is 344 g/mol. The number of rotatable bonds is 9. The molecule has 2 N–H and O–H groups in total. The van der Waals surface area contributed by atoms with Gasteiger partial charge in [-0.25, -0.2) is 13.1 Å². The van der Waals surface area contributed by atoms with Gasteiger partial charge in [0.25, 0.3) is 0 Å². The second kappa shape index (κ2) is 8.44. The lowest BCUT2D eigenvalue weighted by Crippen LogP contribution is -2.36. The van der Waals surface area contributed by atoms with Gasteiger partial charge in [0.2, 0.25) is 15.9 Å². The summed E-state index contributed by atoms with van der Waals surface area (Å²) in [6, 6.07) is 0. The van der Waals surface area contributed by atoms with E-state index in [1.165, 1.54) is 0 Å². The second-order valence-electron chi connectivity index (χ2n) is 6.05. The fourth-order valence-electron chi connectivity index (χ4n) is 2.25. The average Bonchev–Trinajstić information content (AvgIpc) is 2.70. The number of amides is 1. The molecule has 0 bridgehead atoms. The van der Waals surface area contributed by atoms with Crippen LogP contribution in [0.1, 0.15) is 37.7 Å². The number of carbonyl (C=O) groups is 1. The van der Waals surface area contributed by atoms with E-state index in [9.17, 15) is 13.2 Å². The summed E-state index contributed by atoms with van der Waals surface area (Å²) in [4.78, 5) is 12.0. The van der Waals surface area contributed by atoms with Crippen LogP contribution in [0.25, 0.3) is 0 Å². The molecule has 1 aromatic heterocycles. The largest absolute Gasteiger partial charge is 0.354 e. The van der Waals surface area contributed by atoms with Gasteiger partial charge in [-0.3, -0.25) is 9.48 Å². The van der Waals surface area contributed by atoms with Crippen LogP contribution in [0.2, 0.25) is 0 Å². The maximum atomic E-state index is 12.0. The van der Waals surface area contributed by atoms with Crippen LogP contribution in [0.3, 0.4) is 0 Å². The molecule has 0 radical (unpaired) electrons. The highest BCUT2D eigenvalue weighted by Crippen LogP contribution is 2.15. The normalized spacial score (nSPS) is 11.9. The number of hydrogen-bond acceptors (Lipinski definition) is 4. The molecule has 0 atom stereocenters. The first-order chi connectivity index (χ1) is 10.7. The van der Waals surface area contributed by atoms with Crippen molar-refractivity contribution in [1.82, 2.24) is 19.8 Å². The van der Waals surface area contributed by atoms with Gasteiger partial charge in [-0.05, 0) is 26.7 Å². The van der Waals surface area contributed by atoms with Crippen LogP contribution in [0.5, 0.6) is 0 Å². The quantitative estimate of drug-likeness (QED) is 0.647. The van der Waals surface area contributed by atoms with E-state index in [4.69, 9.17) is 0 Å². The molecule has 7 nitrogen and oxygen atoms in total. The third kappa shape index (κ3) is 6.31. The van der Waals surface area contributed by atoms with Gasteiger partial charge in [-0.2, -0.15) is 5.10 Å². The van der Waals surface area contributed by atoms with Crippen molar-refractivity contribution >= 4 is 15.9 Å². The molecule has 0 aliphatic carbocycles. The molecule has 0 aliphatic heterocycles. The molecule has 0 spiro atoms. The van der Waals surface area contributed by atoms with Gasteiger partial charge in [0.15, 0.2) is 0 Å². The number of aromatic nitrogens is 2. The molecule has 1 aromatic rings. The fourth-order valence-corrected chi connectivity index (χ4v) is 2.86. The van der Waals surface area contributed by atoms with Crippen LogP contribution in [0, 0.1) is 19.8 Å². The lowest BCUT2D eigenvalue weighted by Gasteiger charge is -2.09. The van der Waals surface area contributed by atoms with E-state index in [0.717, 1.165) is 23.5 Å². The van der Waals surface area contributed by atoms with Crippen molar-refractivity contribution in [2.24, 2.45) is 5.92 Å². The molecular formula is C15H28N4O3S. The van der Waals surface area contributed by atoms with Crippen LogP contribution >= 0.6 is 0 Å². The molecule has 132 valence electrons. The van der Waals surface area contributed by atoms with Gasteiger partial charge in [0.05, 0.1) is 17.9 Å². The Bertz CT molecular complexity index is 635. The second-order valence-corrected chi connectivity index (χ2v) is 8.15. The highest BCUT2D eigenvalue weighted by atomic mass is 32.2. The SMILES string of the molecule is CCS(=O)(=O)NCCNC(=O)Cc1c(C)nn(CC(C)C)c1C. The van der Waals surface area contributed by atoms with Crippen molar-refractivity contribution in [2.75, 3.05) is 18.8 Å². The number of sulfonamides is 1. The summed E-state index contributed by atoms with van der Waals surface area (Å²) in [5, 5.41) is 7.22. The molecule has 23 heavy (non-hydrogen) atoms. The highest BCUT2D eigenvalue weighted by Gasteiger charge is 2.15. The van der Waals surface area contributed by atoms with Gasteiger partial charge in [0.1, 0.15) is 0 Å². The van der Waals surface area contributed by atoms with Gasteiger partial charge in [-0.15, -0.1) is 0 Å². The number of carbonyl (C=O) groups excluding carboxylic acids is 1. The fraction of sp³-hybridized carbons (Fsp3) is 0.733. The van der Waals surface area contributed by atoms with Gasteiger partial charge >= 0.3 is 0 Å². The van der Waals surface area contributed by atoms with E-state index in [-0.39, 0.29) is 31.2 Å². The third-order valence-electron chi connectivity index (χ3n) is 3.56. The molecule has 0 fully saturated rings. The molecule has 0 aliphatic rings. The molecule has 0 unspecified atom stereocenters. The van der Waals surface area contributed by atoms with E-state index in [1.54, 1.807) is 6.92 Å². The predicted molar refractivity (Wildman–Crippen MR) is 90.7 cm³/mol. The van der Waals surface area contributed by atoms with Crippen LogP contribution in [-0.2, 0) is 27.8 Å². The van der Waals surface area contributed by atoms with E-state index in [1.807, 2.05) is 18.5 Å². The van der Waals surface area contributed by atoms with Gasteiger partial charge < -0.3 is 5.32 Å². The lowest BCUT2D eigenvalue weighted by atomic mass is 10.1. The number of nitrogens with zero attached hydrogens (tertiary/aromatic N) is 2. The first-order valence-corrected chi connectivity index (χ1v) is 9.58. The van der Waals surface area contributed by atoms with Crippen molar-refractivity contribution in [3.8, 4) is 0 Å². The smallest absolute Gasteiger partial charge is 0.224 e. The molecule has 1 rings (SSSR count). The standard InChI is InChI=1S/C15H28N4O3S/c1-6-23(21,22)17-8-7-16-15(20)9-14-12(4)18-19(13(14)5)10-11(2)3/h11,17H,6-10H2,1-5H3,(H,16,20). The Balaban J connectivity index is 2.53. The van der Waals surface area contributed by atoms with Crippen LogP contribution < -0.4 is 10.0 Å². The Morgan fingerprint density at radius 3 is 2.48 bits per heavy atom. The molecular weight excluding hydrogens is 316 g/mol. The molecule has 1 heterocycles. The summed E-state index contributed by atoms with van der Waals surface area (Å²) >= 11 is 0. The molecule has 0 saturated heterocycles. The topological polar surface area (TPSA) is 93.1 Å². The first-order valence-electron chi connectivity index (χ1n) is 7.93. The maximum absolute atomic E-state index is 12.0. The van der Waals surface area contributed by atoms with E-state index in [2.05, 4.69) is 29.0 Å². The Kier molecular flexibility index (Phi) is 7.21. The number of hydrogen-bond donors (Lipinski definition) is 2. The van der Waals surface area contributed by atoms with Crippen LogP contribution in [0.4, 0.5) is 0 Å². The minimum atomic E-state index is -3.21. The van der Waals surface area contributed by atoms with Gasteiger partial charge in [0, 0.05) is 30.9 Å². The number of nitrogens with one attached hydrogen (secondary N) is 2. The summed E-state index contributed by atoms with van der Waals surface area (Å²) in [5.74, 6) is 0.395.